The first-order valence-corrected chi connectivity index (χ1v) is 11.2. The molecule has 2 fully saturated rings. The molecule has 28 heavy (non-hydrogen) atoms. The second-order valence-electron chi connectivity index (χ2n) is 7.44. The number of ether oxygens (including phenoxy) is 1. The van der Waals surface area contributed by atoms with Gasteiger partial charge in [-0.3, -0.25) is 4.79 Å². The Morgan fingerprint density at radius 3 is 2.50 bits per heavy atom. The van der Waals surface area contributed by atoms with E-state index in [9.17, 15) is 22.7 Å². The van der Waals surface area contributed by atoms with Crippen molar-refractivity contribution in [2.24, 2.45) is 5.92 Å². The van der Waals surface area contributed by atoms with E-state index >= 15 is 0 Å². The van der Waals surface area contributed by atoms with Gasteiger partial charge in [-0.25, -0.2) is 17.5 Å². The number of sulfonamides is 1. The minimum atomic E-state index is -3.71. The van der Waals surface area contributed by atoms with E-state index in [-0.39, 0.29) is 42.0 Å². The lowest BCUT2D eigenvalue weighted by Crippen LogP contribution is -2.53. The molecule has 1 heterocycles. The quantitative estimate of drug-likeness (QED) is 0.595. The van der Waals surface area contributed by atoms with Gasteiger partial charge >= 0.3 is 0 Å². The molecule has 1 saturated carbocycles. The number of amides is 1. The predicted molar refractivity (Wildman–Crippen MR) is 100 cm³/mol. The maximum absolute atomic E-state index is 12.9. The molecule has 3 N–H and O–H groups in total. The van der Waals surface area contributed by atoms with E-state index in [0.717, 1.165) is 31.4 Å². The molecular formula is C19H27FN2O5S. The highest BCUT2D eigenvalue weighted by atomic mass is 32.2. The number of hydrogen-bond acceptors (Lipinski definition) is 5. The number of hydrogen-bond donors (Lipinski definition) is 3. The zero-order valence-corrected chi connectivity index (χ0v) is 16.5. The van der Waals surface area contributed by atoms with Gasteiger partial charge in [0.2, 0.25) is 15.9 Å². The molecule has 1 amide bonds. The molecule has 7 nitrogen and oxygen atoms in total. The summed E-state index contributed by atoms with van der Waals surface area (Å²) in [6.45, 7) is -0.0327. The molecule has 1 aliphatic carbocycles. The Hall–Kier alpha value is -1.55. The Balaban J connectivity index is 1.45. The van der Waals surface area contributed by atoms with Crippen LogP contribution < -0.4 is 10.0 Å². The van der Waals surface area contributed by atoms with Crippen LogP contribution in [0, 0.1) is 11.7 Å². The zero-order chi connectivity index (χ0) is 20.1. The Morgan fingerprint density at radius 2 is 1.89 bits per heavy atom. The van der Waals surface area contributed by atoms with E-state index in [1.807, 2.05) is 0 Å². The minimum absolute atomic E-state index is 0.00506. The highest BCUT2D eigenvalue weighted by Crippen LogP contribution is 2.28. The van der Waals surface area contributed by atoms with Crippen LogP contribution in [-0.4, -0.2) is 50.8 Å². The molecule has 3 rings (SSSR count). The van der Waals surface area contributed by atoms with Crippen molar-refractivity contribution in [3.63, 3.8) is 0 Å². The topological polar surface area (TPSA) is 105 Å². The van der Waals surface area contributed by atoms with Gasteiger partial charge in [-0.05, 0) is 56.4 Å². The van der Waals surface area contributed by atoms with Crippen molar-refractivity contribution in [3.8, 4) is 0 Å². The molecule has 0 radical (unpaired) electrons. The normalized spacial score (nSPS) is 25.9. The molecular weight excluding hydrogens is 387 g/mol. The van der Waals surface area contributed by atoms with Crippen LogP contribution in [0.3, 0.4) is 0 Å². The summed E-state index contributed by atoms with van der Waals surface area (Å²) < 4.78 is 45.7. The van der Waals surface area contributed by atoms with Crippen LogP contribution >= 0.6 is 0 Å². The largest absolute Gasteiger partial charge is 0.394 e. The molecule has 2 aliphatic rings. The van der Waals surface area contributed by atoms with Gasteiger partial charge in [-0.1, -0.05) is 6.42 Å². The maximum atomic E-state index is 12.9. The van der Waals surface area contributed by atoms with Crippen LogP contribution in [0.5, 0.6) is 0 Å². The van der Waals surface area contributed by atoms with Gasteiger partial charge in [0, 0.05) is 12.5 Å². The predicted octanol–water partition coefficient (Wildman–Crippen LogP) is 1.32. The molecule has 0 spiro atoms. The standard InChI is InChI=1S/C19H27FN2O5S/c20-14-4-7-16(8-5-14)28(25,26)21-11-10-15-6-9-17(18(12-23)27-15)22-19(24)13-2-1-3-13/h4-5,7-8,13,15,17-18,21,23H,1-3,6,9-12H2,(H,22,24)/t15-,17-,18-/m1/s1. The van der Waals surface area contributed by atoms with Crippen molar-refractivity contribution < 1.29 is 27.4 Å². The number of aliphatic hydroxyl groups is 1. The lowest BCUT2D eigenvalue weighted by atomic mass is 9.84. The second-order valence-corrected chi connectivity index (χ2v) is 9.21. The number of nitrogens with one attached hydrogen (secondary N) is 2. The van der Waals surface area contributed by atoms with E-state index in [0.29, 0.717) is 19.3 Å². The Labute approximate surface area is 164 Å². The molecule has 156 valence electrons. The van der Waals surface area contributed by atoms with Crippen molar-refractivity contribution in [2.75, 3.05) is 13.2 Å². The van der Waals surface area contributed by atoms with Crippen LogP contribution in [0.4, 0.5) is 4.39 Å². The average Bonchev–Trinajstić information content (AvgIpc) is 2.61. The summed E-state index contributed by atoms with van der Waals surface area (Å²) in [4.78, 5) is 12.1. The van der Waals surface area contributed by atoms with Crippen molar-refractivity contribution >= 4 is 15.9 Å². The number of aliphatic hydroxyl groups excluding tert-OH is 1. The molecule has 0 aromatic heterocycles. The summed E-state index contributed by atoms with van der Waals surface area (Å²) in [6.07, 6.45) is 4.02. The molecule has 1 saturated heterocycles. The third-order valence-electron chi connectivity index (χ3n) is 5.48. The van der Waals surface area contributed by atoms with E-state index in [1.54, 1.807) is 0 Å². The van der Waals surface area contributed by atoms with Gasteiger partial charge in [0.15, 0.2) is 0 Å². The Morgan fingerprint density at radius 1 is 1.18 bits per heavy atom. The SMILES string of the molecule is O=C(N[C@@H]1CC[C@H](CCNS(=O)(=O)c2ccc(F)cc2)O[C@@H]1CO)C1CCC1. The van der Waals surface area contributed by atoms with Crippen molar-refractivity contribution in [1.29, 1.82) is 0 Å². The van der Waals surface area contributed by atoms with Crippen LogP contribution in [0.1, 0.15) is 38.5 Å². The average molecular weight is 414 g/mol. The fourth-order valence-corrected chi connectivity index (χ4v) is 4.58. The van der Waals surface area contributed by atoms with Crippen molar-refractivity contribution in [2.45, 2.75) is 61.7 Å². The van der Waals surface area contributed by atoms with E-state index in [4.69, 9.17) is 4.74 Å². The number of carbonyl (C=O) groups is 1. The first-order chi connectivity index (χ1) is 13.4. The highest BCUT2D eigenvalue weighted by Gasteiger charge is 2.34. The number of benzene rings is 1. The molecule has 1 aromatic carbocycles. The van der Waals surface area contributed by atoms with Gasteiger partial charge in [0.1, 0.15) is 11.9 Å². The molecule has 0 unspecified atom stereocenters. The Kier molecular flexibility index (Phi) is 7.03. The molecule has 1 aliphatic heterocycles. The lowest BCUT2D eigenvalue weighted by Gasteiger charge is -2.37. The van der Waals surface area contributed by atoms with Gasteiger partial charge in [-0.15, -0.1) is 0 Å². The van der Waals surface area contributed by atoms with Crippen LogP contribution in [-0.2, 0) is 19.6 Å². The number of halogens is 1. The van der Waals surface area contributed by atoms with Crippen LogP contribution in [0.25, 0.3) is 0 Å². The number of rotatable bonds is 8. The van der Waals surface area contributed by atoms with E-state index in [1.165, 1.54) is 12.1 Å². The number of carbonyl (C=O) groups excluding carboxylic acids is 1. The van der Waals surface area contributed by atoms with Crippen molar-refractivity contribution in [3.05, 3.63) is 30.1 Å². The third kappa shape index (κ3) is 5.28. The van der Waals surface area contributed by atoms with Crippen molar-refractivity contribution in [1.82, 2.24) is 10.0 Å². The maximum Gasteiger partial charge on any atom is 0.240 e. The van der Waals surface area contributed by atoms with Crippen LogP contribution in [0.2, 0.25) is 0 Å². The fraction of sp³-hybridized carbons (Fsp3) is 0.632. The third-order valence-corrected chi connectivity index (χ3v) is 6.96. The molecule has 0 bridgehead atoms. The Bertz CT molecular complexity index is 767. The zero-order valence-electron chi connectivity index (χ0n) is 15.6. The fourth-order valence-electron chi connectivity index (χ4n) is 3.53. The monoisotopic (exact) mass is 414 g/mol. The molecule has 1 aromatic rings. The summed E-state index contributed by atoms with van der Waals surface area (Å²) >= 11 is 0. The van der Waals surface area contributed by atoms with Gasteiger partial charge in [0.25, 0.3) is 0 Å². The highest BCUT2D eigenvalue weighted by molar-refractivity contribution is 7.89. The first-order valence-electron chi connectivity index (χ1n) is 9.71. The lowest BCUT2D eigenvalue weighted by molar-refractivity contribution is -0.134. The summed E-state index contributed by atoms with van der Waals surface area (Å²) in [5.41, 5.74) is 0. The summed E-state index contributed by atoms with van der Waals surface area (Å²) in [5.74, 6) is -0.384. The smallest absolute Gasteiger partial charge is 0.240 e. The van der Waals surface area contributed by atoms with E-state index in [2.05, 4.69) is 10.0 Å². The first kappa shape index (κ1) is 21.2. The van der Waals surface area contributed by atoms with Gasteiger partial charge < -0.3 is 15.2 Å². The van der Waals surface area contributed by atoms with Crippen LogP contribution in [0.15, 0.2) is 29.2 Å². The molecule has 9 heteroatoms. The van der Waals surface area contributed by atoms with Gasteiger partial charge in [0.05, 0.1) is 23.6 Å². The van der Waals surface area contributed by atoms with Gasteiger partial charge in [-0.2, -0.15) is 0 Å². The van der Waals surface area contributed by atoms with E-state index < -0.39 is 21.9 Å². The second kappa shape index (κ2) is 9.30. The minimum Gasteiger partial charge on any atom is -0.394 e. The summed E-state index contributed by atoms with van der Waals surface area (Å²) in [6, 6.07) is 4.41. The summed E-state index contributed by atoms with van der Waals surface area (Å²) in [7, 11) is -3.71. The summed E-state index contributed by atoms with van der Waals surface area (Å²) in [5, 5.41) is 12.6. The molecule has 3 atom stereocenters.